The maximum atomic E-state index is 12.9. The first kappa shape index (κ1) is 25.4. The van der Waals surface area contributed by atoms with Crippen LogP contribution in [0.4, 0.5) is 0 Å². The summed E-state index contributed by atoms with van der Waals surface area (Å²) in [6, 6.07) is 16.1. The Bertz CT molecular complexity index is 894. The summed E-state index contributed by atoms with van der Waals surface area (Å²) in [6.45, 7) is 8.10. The molecule has 0 saturated carbocycles. The molecule has 0 aromatic heterocycles. The van der Waals surface area contributed by atoms with E-state index in [0.717, 1.165) is 35.1 Å². The summed E-state index contributed by atoms with van der Waals surface area (Å²) in [5, 5.41) is 0. The third-order valence-electron chi connectivity index (χ3n) is 5.26. The Kier molecular flexibility index (Phi) is 10.5. The van der Waals surface area contributed by atoms with Crippen LogP contribution in [0.1, 0.15) is 58.1 Å². The first-order valence-corrected chi connectivity index (χ1v) is 13.1. The van der Waals surface area contributed by atoms with Gasteiger partial charge in [-0.3, -0.25) is 15.4 Å². The van der Waals surface area contributed by atoms with Crippen molar-refractivity contribution in [3.05, 3.63) is 59.7 Å². The maximum Gasteiger partial charge on any atom is 0.223 e. The van der Waals surface area contributed by atoms with E-state index in [1.54, 1.807) is 11.8 Å². The van der Waals surface area contributed by atoms with Crippen molar-refractivity contribution >= 4 is 36.7 Å². The zero-order chi connectivity index (χ0) is 22.8. The van der Waals surface area contributed by atoms with Crippen LogP contribution in [0.5, 0.6) is 0 Å². The first-order chi connectivity index (χ1) is 14.9. The number of nitrogens with zero attached hydrogens (tertiary/aromatic N) is 1. The fourth-order valence-electron chi connectivity index (χ4n) is 3.79. The summed E-state index contributed by atoms with van der Waals surface area (Å²) in [5.41, 5.74) is 4.46. The van der Waals surface area contributed by atoms with Gasteiger partial charge in [0.2, 0.25) is 5.91 Å². The molecule has 5 nitrogen and oxygen atoms in total. The van der Waals surface area contributed by atoms with Gasteiger partial charge in [0.25, 0.3) is 0 Å². The summed E-state index contributed by atoms with van der Waals surface area (Å²) in [6.07, 6.45) is 2.27. The average molecular weight is 535 g/mol. The van der Waals surface area contributed by atoms with Crippen molar-refractivity contribution < 1.29 is 9.59 Å². The molecule has 0 saturated heterocycles. The van der Waals surface area contributed by atoms with Crippen LogP contribution in [0.3, 0.4) is 0 Å². The van der Waals surface area contributed by atoms with Crippen molar-refractivity contribution in [3.8, 4) is 11.1 Å². The van der Waals surface area contributed by atoms with Crippen LogP contribution in [0, 0.1) is 5.92 Å². The Morgan fingerprint density at radius 1 is 1.13 bits per heavy atom. The summed E-state index contributed by atoms with van der Waals surface area (Å²) < 4.78 is 4.93. The second-order valence-electron chi connectivity index (χ2n) is 8.04. The minimum atomic E-state index is -0.396. The van der Waals surface area contributed by atoms with Crippen molar-refractivity contribution in [2.24, 2.45) is 11.8 Å². The van der Waals surface area contributed by atoms with Gasteiger partial charge in [0.1, 0.15) is 0 Å². The third kappa shape index (κ3) is 7.33. The number of hydrogen-bond acceptors (Lipinski definition) is 4. The van der Waals surface area contributed by atoms with Gasteiger partial charge in [-0.25, -0.2) is 3.64 Å². The number of carbonyl (C=O) groups excluding carboxylic acids is 2. The lowest BCUT2D eigenvalue weighted by Gasteiger charge is -2.33. The number of unbranched alkanes of at least 4 members (excludes halogenated alkanes) is 1. The van der Waals surface area contributed by atoms with E-state index < -0.39 is 6.04 Å². The highest BCUT2D eigenvalue weighted by molar-refractivity contribution is 14.2. The zero-order valence-corrected chi connectivity index (χ0v) is 21.1. The van der Waals surface area contributed by atoms with Crippen LogP contribution in [0.25, 0.3) is 11.1 Å². The molecule has 1 amide bonds. The number of benzene rings is 2. The highest BCUT2D eigenvalue weighted by Gasteiger charge is 2.29. The number of nitrogens with one attached hydrogen (secondary N) is 1. The lowest BCUT2D eigenvalue weighted by molar-refractivity contribution is -0.141. The fourth-order valence-corrected chi connectivity index (χ4v) is 4.85. The normalized spacial score (nSPS) is 12.6. The van der Waals surface area contributed by atoms with Crippen LogP contribution in [0.2, 0.25) is 0 Å². The molecule has 0 spiro atoms. The largest absolute Gasteiger partial charge is 0.328 e. The quantitative estimate of drug-likeness (QED) is 0.184. The number of nitrogens with two attached hydrogens (primary N) is 1. The minimum Gasteiger partial charge on any atom is -0.328 e. The molecule has 0 bridgehead atoms. The second-order valence-corrected chi connectivity index (χ2v) is 9.90. The molecule has 168 valence electrons. The van der Waals surface area contributed by atoms with Crippen LogP contribution >= 0.6 is 21.0 Å². The average Bonchev–Trinajstić information content (AvgIpc) is 2.75. The number of hydrazine groups is 1. The molecule has 0 aliphatic rings. The highest BCUT2D eigenvalue weighted by Crippen LogP contribution is 2.25. The molecule has 0 unspecified atom stereocenters. The molecule has 2 aromatic carbocycles. The van der Waals surface area contributed by atoms with E-state index in [2.05, 4.69) is 51.0 Å². The predicted octanol–water partition coefficient (Wildman–Crippen LogP) is 4.99. The molecule has 31 heavy (non-hydrogen) atoms. The van der Waals surface area contributed by atoms with Crippen LogP contribution < -0.4 is 9.48 Å². The van der Waals surface area contributed by atoms with E-state index in [1.165, 1.54) is 0 Å². The van der Waals surface area contributed by atoms with Crippen LogP contribution in [0.15, 0.2) is 48.5 Å². The molecule has 3 N–H and O–H groups in total. The summed E-state index contributed by atoms with van der Waals surface area (Å²) in [7, 11) is 0. The van der Waals surface area contributed by atoms with Gasteiger partial charge in [-0.1, -0.05) is 75.7 Å². The van der Waals surface area contributed by atoms with Crippen LogP contribution in [-0.2, 0) is 16.1 Å². The van der Waals surface area contributed by atoms with E-state index in [0.29, 0.717) is 13.0 Å². The first-order valence-electron chi connectivity index (χ1n) is 10.8. The van der Waals surface area contributed by atoms with E-state index in [9.17, 15) is 9.59 Å². The molecule has 2 rings (SSSR count). The standard InChI is InChI=1S/C25H34IN3O2/c1-5-6-11-24(31)29(25(18(2)3)19(4)30)17-20-12-14-21(15-13-20)23-10-8-7-9-22(23)16-26-28-27/h7-10,12-16,18,25,28H,5-6,11,17,27H2,1-4H3/t25-/m0/s1. The molecule has 0 fully saturated rings. The number of hydrogen-bond donors (Lipinski definition) is 2. The van der Waals surface area contributed by atoms with Gasteiger partial charge in [-0.2, -0.15) is 0 Å². The van der Waals surface area contributed by atoms with Gasteiger partial charge < -0.3 is 4.90 Å². The lowest BCUT2D eigenvalue weighted by atomic mass is 9.96. The molecule has 0 aliphatic heterocycles. The van der Waals surface area contributed by atoms with E-state index >= 15 is 0 Å². The van der Waals surface area contributed by atoms with E-state index in [-0.39, 0.29) is 38.6 Å². The molecule has 1 atom stereocenters. The van der Waals surface area contributed by atoms with Gasteiger partial charge in [0, 0.05) is 13.0 Å². The monoisotopic (exact) mass is 535 g/mol. The van der Waals surface area contributed by atoms with Gasteiger partial charge in [-0.15, -0.1) is 0 Å². The second kappa shape index (κ2) is 12.8. The Morgan fingerprint density at radius 2 is 1.81 bits per heavy atom. The number of rotatable bonds is 11. The van der Waals surface area contributed by atoms with Gasteiger partial charge in [0.15, 0.2) is 5.78 Å². The SMILES string of the molecule is CCCCC(=O)N(Cc1ccc(-c2ccccc2C=INN)cc1)[C@H](C(C)=O)C(C)C. The Labute approximate surface area is 196 Å². The minimum absolute atomic E-state index is 0.0396. The molecule has 0 radical (unpaired) electrons. The van der Waals surface area contributed by atoms with Gasteiger partial charge in [-0.05, 0) is 66.5 Å². The smallest absolute Gasteiger partial charge is 0.223 e. The topological polar surface area (TPSA) is 75.4 Å². The number of Topliss-reactive ketones (excluding diaryl/α,β-unsaturated/α-hetero) is 1. The Hall–Kier alpha value is -1.90. The predicted molar refractivity (Wildman–Crippen MR) is 138 cm³/mol. The number of ketones is 1. The third-order valence-corrected chi connectivity index (χ3v) is 6.60. The number of halogens is 1. The summed E-state index contributed by atoms with van der Waals surface area (Å²) in [5.74, 6) is 5.63. The number of amides is 1. The summed E-state index contributed by atoms with van der Waals surface area (Å²) >= 11 is -0.385. The van der Waals surface area contributed by atoms with E-state index in [1.807, 2.05) is 26.0 Å². The fraction of sp³-hybridized carbons (Fsp3) is 0.400. The Balaban J connectivity index is 2.30. The van der Waals surface area contributed by atoms with Crippen molar-refractivity contribution in [1.82, 2.24) is 8.54 Å². The Morgan fingerprint density at radius 3 is 2.39 bits per heavy atom. The van der Waals surface area contributed by atoms with Crippen molar-refractivity contribution in [2.45, 2.75) is 59.5 Å². The molecular weight excluding hydrogens is 501 g/mol. The zero-order valence-electron chi connectivity index (χ0n) is 18.9. The van der Waals surface area contributed by atoms with Crippen molar-refractivity contribution in [1.29, 1.82) is 0 Å². The van der Waals surface area contributed by atoms with E-state index in [4.69, 9.17) is 5.84 Å². The van der Waals surface area contributed by atoms with Crippen LogP contribution in [-0.4, -0.2) is 26.6 Å². The lowest BCUT2D eigenvalue weighted by Crippen LogP contribution is -2.46. The molecule has 2 aromatic rings. The summed E-state index contributed by atoms with van der Waals surface area (Å²) in [4.78, 5) is 27.1. The molecule has 6 heteroatoms. The number of carbonyl (C=O) groups is 2. The molecular formula is C25H34IN3O2. The van der Waals surface area contributed by atoms with Crippen molar-refractivity contribution in [2.75, 3.05) is 0 Å². The van der Waals surface area contributed by atoms with Gasteiger partial charge >= 0.3 is 0 Å². The van der Waals surface area contributed by atoms with Crippen molar-refractivity contribution in [3.63, 3.8) is 0 Å². The molecule has 0 aliphatic carbocycles. The maximum absolute atomic E-state index is 12.9. The molecule has 0 heterocycles. The highest BCUT2D eigenvalue weighted by atomic mass is 127. The van der Waals surface area contributed by atoms with Gasteiger partial charge in [0.05, 0.1) is 6.04 Å².